The second-order valence-electron chi connectivity index (χ2n) is 11.1. The first-order chi connectivity index (χ1) is 16.8. The molecule has 1 radical (unpaired) electrons. The molecule has 0 amide bonds. The zero-order chi connectivity index (χ0) is 24.4. The molecular weight excluding hydrogens is 410 g/mol. The Morgan fingerprint density at radius 1 is 0.441 bits per heavy atom. The van der Waals surface area contributed by atoms with E-state index < -0.39 is 0 Å². The third kappa shape index (κ3) is 20.6. The molecule has 1 nitrogen and oxygen atoms in total. The summed E-state index contributed by atoms with van der Waals surface area (Å²) < 4.78 is 0. The molecule has 1 aliphatic rings. The maximum absolute atomic E-state index is 4.33. The second-order valence-corrected chi connectivity index (χ2v) is 11.1. The Morgan fingerprint density at radius 3 is 1.00 bits per heavy atom. The van der Waals surface area contributed by atoms with E-state index >= 15 is 0 Å². The minimum atomic E-state index is 1.23. The van der Waals surface area contributed by atoms with E-state index in [1.165, 1.54) is 185 Å². The molecule has 0 fully saturated rings. The summed E-state index contributed by atoms with van der Waals surface area (Å²) in [6.45, 7) is 4.44. The number of rotatable bonds is 27. The van der Waals surface area contributed by atoms with Crippen LogP contribution in [-0.4, -0.2) is 0 Å². The van der Waals surface area contributed by atoms with Crippen molar-refractivity contribution in [3.63, 3.8) is 0 Å². The van der Waals surface area contributed by atoms with Crippen LogP contribution in [0.15, 0.2) is 23.5 Å². The Kier molecular flexibility index (Phi) is 23.4. The quantitative estimate of drug-likeness (QED) is 0.105. The molecule has 199 valence electrons. The van der Waals surface area contributed by atoms with Crippen LogP contribution in [-0.2, 0) is 0 Å². The molecule has 0 atom stereocenters. The van der Waals surface area contributed by atoms with Crippen LogP contribution in [0.5, 0.6) is 0 Å². The summed E-state index contributed by atoms with van der Waals surface area (Å²) in [7, 11) is 0. The van der Waals surface area contributed by atoms with Crippen molar-refractivity contribution in [2.75, 3.05) is 0 Å². The van der Waals surface area contributed by atoms with Gasteiger partial charge in [-0.3, -0.25) is 5.32 Å². The molecule has 1 rings (SSSR count). The van der Waals surface area contributed by atoms with Crippen molar-refractivity contribution < 1.29 is 0 Å². The fourth-order valence-corrected chi connectivity index (χ4v) is 5.34. The molecule has 1 heteroatoms. The summed E-state index contributed by atoms with van der Waals surface area (Å²) in [4.78, 5) is 0. The van der Waals surface area contributed by atoms with Crippen LogP contribution in [0.1, 0.15) is 187 Å². The van der Waals surface area contributed by atoms with E-state index in [1.54, 1.807) is 0 Å². The Labute approximate surface area is 216 Å². The molecule has 0 spiro atoms. The van der Waals surface area contributed by atoms with Crippen LogP contribution in [0.4, 0.5) is 0 Å². The highest BCUT2D eigenvalue weighted by atomic mass is 14.9. The lowest BCUT2D eigenvalue weighted by Gasteiger charge is -2.05. The van der Waals surface area contributed by atoms with Gasteiger partial charge < -0.3 is 0 Å². The van der Waals surface area contributed by atoms with Gasteiger partial charge in [0.1, 0.15) is 0 Å². The average molecular weight is 473 g/mol. The summed E-state index contributed by atoms with van der Waals surface area (Å²) in [6.07, 6.45) is 43.4. The smallest absolute Gasteiger partial charge is 0.0405 e. The van der Waals surface area contributed by atoms with Crippen molar-refractivity contribution in [2.45, 2.75) is 187 Å². The van der Waals surface area contributed by atoms with Gasteiger partial charge >= 0.3 is 0 Å². The van der Waals surface area contributed by atoms with Gasteiger partial charge in [0.15, 0.2) is 0 Å². The molecule has 0 aromatic heterocycles. The van der Waals surface area contributed by atoms with E-state index in [2.05, 4.69) is 25.2 Å². The van der Waals surface area contributed by atoms with E-state index in [0.717, 1.165) is 0 Å². The van der Waals surface area contributed by atoms with Crippen LogP contribution in [0.3, 0.4) is 0 Å². The molecule has 1 aliphatic heterocycles. The van der Waals surface area contributed by atoms with Crippen LogP contribution < -0.4 is 5.32 Å². The average Bonchev–Trinajstić information content (AvgIpc) is 3.25. The van der Waals surface area contributed by atoms with Crippen LogP contribution in [0.25, 0.3) is 0 Å². The number of hydrogen-bond acceptors (Lipinski definition) is 0. The second kappa shape index (κ2) is 25.4. The van der Waals surface area contributed by atoms with Crippen molar-refractivity contribution in [3.05, 3.63) is 23.5 Å². The molecule has 0 saturated carbocycles. The SMILES string of the molecule is CCCCCCCCCCCCCCCCCCCCCCCCCCCCC1=C(C)[N]C=C1. The van der Waals surface area contributed by atoms with Crippen molar-refractivity contribution >= 4 is 0 Å². The summed E-state index contributed by atoms with van der Waals surface area (Å²) in [5.41, 5.74) is 2.70. The monoisotopic (exact) mass is 472 g/mol. The lowest BCUT2D eigenvalue weighted by molar-refractivity contribution is 0.515. The first-order valence-corrected chi connectivity index (χ1v) is 15.9. The predicted molar refractivity (Wildman–Crippen MR) is 154 cm³/mol. The zero-order valence-corrected chi connectivity index (χ0v) is 23.7. The van der Waals surface area contributed by atoms with Gasteiger partial charge in [-0.25, -0.2) is 0 Å². The largest absolute Gasteiger partial charge is 0.261 e. The highest BCUT2D eigenvalue weighted by Crippen LogP contribution is 2.19. The Bertz CT molecular complexity index is 475. The van der Waals surface area contributed by atoms with Crippen molar-refractivity contribution in [3.8, 4) is 0 Å². The van der Waals surface area contributed by atoms with Gasteiger partial charge in [-0.15, -0.1) is 0 Å². The van der Waals surface area contributed by atoms with Crippen LogP contribution >= 0.6 is 0 Å². The summed E-state index contributed by atoms with van der Waals surface area (Å²) in [5.74, 6) is 0. The summed E-state index contributed by atoms with van der Waals surface area (Å²) in [6, 6.07) is 0. The molecule has 0 saturated heterocycles. The molecule has 0 unspecified atom stereocenters. The summed E-state index contributed by atoms with van der Waals surface area (Å²) >= 11 is 0. The van der Waals surface area contributed by atoms with Gasteiger partial charge in [0.25, 0.3) is 0 Å². The minimum absolute atomic E-state index is 1.23. The third-order valence-corrected chi connectivity index (χ3v) is 7.81. The van der Waals surface area contributed by atoms with Crippen molar-refractivity contribution in [1.82, 2.24) is 5.32 Å². The van der Waals surface area contributed by atoms with Crippen LogP contribution in [0.2, 0.25) is 0 Å². The van der Waals surface area contributed by atoms with Gasteiger partial charge in [-0.2, -0.15) is 0 Å². The van der Waals surface area contributed by atoms with Gasteiger partial charge in [0, 0.05) is 11.9 Å². The Morgan fingerprint density at radius 2 is 0.735 bits per heavy atom. The predicted octanol–water partition coefficient (Wildman–Crippen LogP) is 11.9. The van der Waals surface area contributed by atoms with Gasteiger partial charge in [0.05, 0.1) is 0 Å². The Hall–Kier alpha value is -0.720. The summed E-state index contributed by atoms with van der Waals surface area (Å²) in [5, 5.41) is 4.33. The number of unbranched alkanes of at least 4 members (excludes halogenated alkanes) is 25. The van der Waals surface area contributed by atoms with E-state index in [9.17, 15) is 0 Å². The number of allylic oxidation sites excluding steroid dienone is 3. The Balaban J connectivity index is 1.64. The maximum atomic E-state index is 4.33. The topological polar surface area (TPSA) is 14.1 Å². The highest BCUT2D eigenvalue weighted by molar-refractivity contribution is 5.29. The van der Waals surface area contributed by atoms with Crippen LogP contribution in [0, 0.1) is 0 Å². The zero-order valence-electron chi connectivity index (χ0n) is 23.7. The minimum Gasteiger partial charge on any atom is -0.261 e. The van der Waals surface area contributed by atoms with Gasteiger partial charge in [-0.05, 0) is 31.4 Å². The van der Waals surface area contributed by atoms with Gasteiger partial charge in [0.2, 0.25) is 0 Å². The molecule has 0 aromatic rings. The van der Waals surface area contributed by atoms with E-state index in [4.69, 9.17) is 0 Å². The normalized spacial score (nSPS) is 13.2. The molecule has 0 N–H and O–H groups in total. The lowest BCUT2D eigenvalue weighted by atomic mass is 10.0. The first-order valence-electron chi connectivity index (χ1n) is 15.9. The first kappa shape index (κ1) is 31.3. The standard InChI is InChI=1S/C33H62N/c1-3-4-5-6-7-8-9-10-11-12-13-14-15-16-17-18-19-20-21-22-23-24-25-26-27-28-29-33-30-31-34-32(33)2/h30-31H,3-29H2,1-2H3. The molecule has 1 heterocycles. The highest BCUT2D eigenvalue weighted by Gasteiger charge is 2.04. The number of nitrogens with zero attached hydrogens (tertiary/aromatic N) is 1. The fraction of sp³-hybridized carbons (Fsp3) is 0.879. The third-order valence-electron chi connectivity index (χ3n) is 7.81. The molecule has 0 aliphatic carbocycles. The lowest BCUT2D eigenvalue weighted by Crippen LogP contribution is -1.89. The van der Waals surface area contributed by atoms with E-state index in [-0.39, 0.29) is 0 Å². The van der Waals surface area contributed by atoms with E-state index in [1.807, 2.05) is 6.20 Å². The van der Waals surface area contributed by atoms with E-state index in [0.29, 0.717) is 0 Å². The molecule has 34 heavy (non-hydrogen) atoms. The fourth-order valence-electron chi connectivity index (χ4n) is 5.34. The maximum Gasteiger partial charge on any atom is 0.0405 e. The van der Waals surface area contributed by atoms with Gasteiger partial charge in [-0.1, -0.05) is 167 Å². The van der Waals surface area contributed by atoms with Crippen molar-refractivity contribution in [2.24, 2.45) is 0 Å². The molecule has 0 bridgehead atoms. The van der Waals surface area contributed by atoms with Crippen molar-refractivity contribution in [1.29, 1.82) is 0 Å². The molecule has 0 aromatic carbocycles. The number of hydrogen-bond donors (Lipinski definition) is 0. The molecular formula is C33H62N.